The molecule has 3 heterocycles. The average molecular weight is 385 g/mol. The summed E-state index contributed by atoms with van der Waals surface area (Å²) in [5.41, 5.74) is -2.20. The molecule has 28 heavy (non-hydrogen) atoms. The van der Waals surface area contributed by atoms with Gasteiger partial charge in [0, 0.05) is 13.8 Å². The Kier molecular flexibility index (Phi) is 3.94. The summed E-state index contributed by atoms with van der Waals surface area (Å²) < 4.78 is 16.5. The standard InChI is InChI=1S/C20H19NO7/c1-11(22)26-18(27-12(2)23)20-10-9-19(3,28-20)14-15(20)17(25)21(16(14)24)13-7-5-4-6-8-13/h4-10,14-15,18H,1-3H3/t14-,15-,19+,20+/m1/s1. The Bertz CT molecular complexity index is 894. The smallest absolute Gasteiger partial charge is 0.305 e. The number of carbonyl (C=O) groups is 4. The normalized spacial score (nSPS) is 32.8. The quantitative estimate of drug-likeness (QED) is 0.334. The fourth-order valence-electron chi connectivity index (χ4n) is 4.40. The van der Waals surface area contributed by atoms with Crippen LogP contribution in [0, 0.1) is 11.8 Å². The lowest BCUT2D eigenvalue weighted by Gasteiger charge is -2.34. The zero-order valence-electron chi connectivity index (χ0n) is 15.6. The first-order chi connectivity index (χ1) is 13.2. The number of carbonyl (C=O) groups excluding carboxylic acids is 4. The monoisotopic (exact) mass is 385 g/mol. The third-order valence-corrected chi connectivity index (χ3v) is 5.41. The molecule has 8 nitrogen and oxygen atoms in total. The van der Waals surface area contributed by atoms with Crippen molar-refractivity contribution in [1.82, 2.24) is 0 Å². The van der Waals surface area contributed by atoms with Gasteiger partial charge in [-0.05, 0) is 25.1 Å². The van der Waals surface area contributed by atoms with Crippen LogP contribution in [0.5, 0.6) is 0 Å². The van der Waals surface area contributed by atoms with Crippen molar-refractivity contribution in [2.75, 3.05) is 4.90 Å². The van der Waals surface area contributed by atoms with Gasteiger partial charge in [0.2, 0.25) is 11.8 Å². The average Bonchev–Trinajstić information content (AvgIpc) is 3.20. The molecular formula is C20H19NO7. The Balaban J connectivity index is 1.80. The molecule has 2 fully saturated rings. The van der Waals surface area contributed by atoms with Gasteiger partial charge in [-0.2, -0.15) is 0 Å². The predicted octanol–water partition coefficient (Wildman–Crippen LogP) is 1.34. The van der Waals surface area contributed by atoms with Gasteiger partial charge in [0.25, 0.3) is 6.29 Å². The van der Waals surface area contributed by atoms with Crippen LogP contribution in [0.25, 0.3) is 0 Å². The Hall–Kier alpha value is -3.00. The maximum atomic E-state index is 13.3. The Labute approximate surface area is 161 Å². The Morgan fingerprint density at radius 1 is 1.00 bits per heavy atom. The molecule has 3 aliphatic rings. The van der Waals surface area contributed by atoms with Gasteiger partial charge < -0.3 is 14.2 Å². The van der Waals surface area contributed by atoms with Gasteiger partial charge in [-0.15, -0.1) is 0 Å². The van der Waals surface area contributed by atoms with Crippen molar-refractivity contribution in [3.63, 3.8) is 0 Å². The summed E-state index contributed by atoms with van der Waals surface area (Å²) >= 11 is 0. The summed E-state index contributed by atoms with van der Waals surface area (Å²) in [6, 6.07) is 8.57. The first kappa shape index (κ1) is 18.4. The van der Waals surface area contributed by atoms with Crippen LogP contribution >= 0.6 is 0 Å². The van der Waals surface area contributed by atoms with Gasteiger partial charge in [0.1, 0.15) is 0 Å². The number of rotatable bonds is 4. The van der Waals surface area contributed by atoms with E-state index in [0.717, 1.165) is 18.7 Å². The van der Waals surface area contributed by atoms with Gasteiger partial charge in [-0.3, -0.25) is 19.2 Å². The van der Waals surface area contributed by atoms with Crippen molar-refractivity contribution in [2.24, 2.45) is 11.8 Å². The lowest BCUT2D eigenvalue weighted by atomic mass is 9.72. The van der Waals surface area contributed by atoms with Crippen molar-refractivity contribution in [2.45, 2.75) is 38.3 Å². The summed E-state index contributed by atoms with van der Waals surface area (Å²) in [6.45, 7) is 4.01. The summed E-state index contributed by atoms with van der Waals surface area (Å²) in [4.78, 5) is 50.8. The van der Waals surface area contributed by atoms with Crippen LogP contribution in [0.1, 0.15) is 20.8 Å². The number of anilines is 1. The van der Waals surface area contributed by atoms with Crippen LogP contribution in [0.15, 0.2) is 42.5 Å². The van der Waals surface area contributed by atoms with Gasteiger partial charge in [0.15, 0.2) is 5.60 Å². The molecule has 0 N–H and O–H groups in total. The van der Waals surface area contributed by atoms with Crippen LogP contribution in [-0.4, -0.2) is 41.2 Å². The zero-order chi connectivity index (χ0) is 20.3. The molecule has 146 valence electrons. The molecule has 1 aromatic carbocycles. The van der Waals surface area contributed by atoms with E-state index in [2.05, 4.69) is 0 Å². The van der Waals surface area contributed by atoms with Crippen LogP contribution in [0.3, 0.4) is 0 Å². The number of nitrogens with zero attached hydrogens (tertiary/aromatic N) is 1. The van der Waals surface area contributed by atoms with Crippen molar-refractivity contribution >= 4 is 29.4 Å². The van der Waals surface area contributed by atoms with E-state index in [0.29, 0.717) is 5.69 Å². The number of hydrogen-bond donors (Lipinski definition) is 0. The predicted molar refractivity (Wildman–Crippen MR) is 94.6 cm³/mol. The molecule has 2 saturated heterocycles. The van der Waals surface area contributed by atoms with Crippen molar-refractivity contribution in [3.05, 3.63) is 42.5 Å². The molecular weight excluding hydrogens is 366 g/mol. The van der Waals surface area contributed by atoms with E-state index in [9.17, 15) is 19.2 Å². The fraction of sp³-hybridized carbons (Fsp3) is 0.400. The summed E-state index contributed by atoms with van der Waals surface area (Å²) in [7, 11) is 0. The molecule has 3 aliphatic heterocycles. The second-order valence-corrected chi connectivity index (χ2v) is 7.33. The molecule has 8 heteroatoms. The molecule has 0 aliphatic carbocycles. The summed E-state index contributed by atoms with van der Waals surface area (Å²) in [6.07, 6.45) is 1.74. The molecule has 0 aromatic heterocycles. The van der Waals surface area contributed by atoms with E-state index >= 15 is 0 Å². The van der Waals surface area contributed by atoms with Gasteiger partial charge in [-0.25, -0.2) is 4.90 Å². The second-order valence-electron chi connectivity index (χ2n) is 7.33. The Morgan fingerprint density at radius 2 is 1.57 bits per heavy atom. The number of amides is 2. The lowest BCUT2D eigenvalue weighted by Crippen LogP contribution is -2.52. The van der Waals surface area contributed by atoms with E-state index in [1.54, 1.807) is 49.4 Å². The maximum absolute atomic E-state index is 13.3. The van der Waals surface area contributed by atoms with Gasteiger partial charge >= 0.3 is 11.9 Å². The molecule has 0 saturated carbocycles. The molecule has 0 spiro atoms. The number of imide groups is 1. The van der Waals surface area contributed by atoms with Crippen LogP contribution in [0.4, 0.5) is 5.69 Å². The largest absolute Gasteiger partial charge is 0.422 e. The summed E-state index contributed by atoms with van der Waals surface area (Å²) in [5, 5.41) is 0. The van der Waals surface area contributed by atoms with Crippen LogP contribution in [-0.2, 0) is 33.4 Å². The number of ether oxygens (including phenoxy) is 3. The molecule has 0 radical (unpaired) electrons. The minimum absolute atomic E-state index is 0.403. The highest BCUT2D eigenvalue weighted by molar-refractivity contribution is 6.23. The maximum Gasteiger partial charge on any atom is 0.305 e. The zero-order valence-corrected chi connectivity index (χ0v) is 15.6. The van der Waals surface area contributed by atoms with E-state index in [1.807, 2.05) is 0 Å². The number of hydrogen-bond acceptors (Lipinski definition) is 7. The minimum atomic E-state index is -1.56. The third kappa shape index (κ3) is 2.41. The lowest BCUT2D eigenvalue weighted by molar-refractivity contribution is -0.231. The van der Waals surface area contributed by atoms with Gasteiger partial charge in [0.05, 0.1) is 23.1 Å². The highest BCUT2D eigenvalue weighted by Gasteiger charge is 2.75. The first-order valence-electron chi connectivity index (χ1n) is 8.87. The molecule has 4 rings (SSSR count). The molecule has 0 unspecified atom stereocenters. The van der Waals surface area contributed by atoms with E-state index < -0.39 is 53.1 Å². The van der Waals surface area contributed by atoms with E-state index in [1.165, 1.54) is 0 Å². The summed E-state index contributed by atoms with van der Waals surface area (Å²) in [5.74, 6) is -4.10. The number of para-hydroxylation sites is 1. The van der Waals surface area contributed by atoms with E-state index in [-0.39, 0.29) is 0 Å². The molecule has 2 amide bonds. The molecule has 2 bridgehead atoms. The fourth-order valence-corrected chi connectivity index (χ4v) is 4.40. The van der Waals surface area contributed by atoms with Crippen LogP contribution in [0.2, 0.25) is 0 Å². The van der Waals surface area contributed by atoms with Gasteiger partial charge in [-0.1, -0.05) is 24.3 Å². The number of benzene rings is 1. The third-order valence-electron chi connectivity index (χ3n) is 5.41. The SMILES string of the molecule is CC(=O)OC(OC(C)=O)[C@@]12C=C[C@](C)(O1)[C@H]1C(=O)N(c3ccccc3)C(=O)[C@@H]12. The Morgan fingerprint density at radius 3 is 2.14 bits per heavy atom. The topological polar surface area (TPSA) is 99.2 Å². The van der Waals surface area contributed by atoms with Crippen LogP contribution < -0.4 is 4.90 Å². The van der Waals surface area contributed by atoms with E-state index in [4.69, 9.17) is 14.2 Å². The van der Waals surface area contributed by atoms with Crippen molar-refractivity contribution in [1.29, 1.82) is 0 Å². The van der Waals surface area contributed by atoms with Crippen molar-refractivity contribution in [3.8, 4) is 0 Å². The minimum Gasteiger partial charge on any atom is -0.422 e. The highest BCUT2D eigenvalue weighted by atomic mass is 16.7. The number of fused-ring (bicyclic) bond motifs is 5. The van der Waals surface area contributed by atoms with Crippen molar-refractivity contribution < 1.29 is 33.4 Å². The molecule has 4 atom stereocenters. The second kappa shape index (κ2) is 6.00. The highest BCUT2D eigenvalue weighted by Crippen LogP contribution is 2.59. The number of esters is 2. The molecule has 1 aromatic rings. The first-order valence-corrected chi connectivity index (χ1v) is 8.87.